The van der Waals surface area contributed by atoms with Crippen molar-refractivity contribution in [3.8, 4) is 17.2 Å². The number of carbonyl (C=O) groups is 1. The van der Waals surface area contributed by atoms with Crippen molar-refractivity contribution in [2.24, 2.45) is 5.10 Å². The number of benzene rings is 2. The normalized spacial score (nSPS) is 10.5. The lowest BCUT2D eigenvalue weighted by molar-refractivity contribution is -0.123. The molecule has 120 valence electrons. The average molecular weight is 314 g/mol. The van der Waals surface area contributed by atoms with E-state index in [1.807, 2.05) is 25.1 Å². The monoisotopic (exact) mass is 314 g/mol. The van der Waals surface area contributed by atoms with Crippen LogP contribution < -0.4 is 14.9 Å². The van der Waals surface area contributed by atoms with Crippen LogP contribution in [0.15, 0.2) is 47.6 Å². The minimum atomic E-state index is -0.398. The summed E-state index contributed by atoms with van der Waals surface area (Å²) in [5.41, 5.74) is 3.82. The van der Waals surface area contributed by atoms with Crippen molar-refractivity contribution in [2.45, 2.75) is 6.92 Å². The van der Waals surface area contributed by atoms with Gasteiger partial charge in [0.15, 0.2) is 18.1 Å². The fourth-order valence-electron chi connectivity index (χ4n) is 1.87. The lowest BCUT2D eigenvalue weighted by Crippen LogP contribution is -2.24. The SMILES string of the molecule is COc1cccc(/C=N\NC(=O)COc2cccc(C)c2)c1O. The highest BCUT2D eigenvalue weighted by molar-refractivity contribution is 5.86. The molecule has 0 aliphatic heterocycles. The Balaban J connectivity index is 1.87. The molecule has 0 saturated carbocycles. The molecule has 0 spiro atoms. The number of aromatic hydroxyl groups is 1. The molecule has 0 aliphatic rings. The molecule has 2 rings (SSSR count). The molecule has 0 atom stereocenters. The first kappa shape index (κ1) is 16.4. The molecule has 0 aromatic heterocycles. The van der Waals surface area contributed by atoms with Crippen molar-refractivity contribution in [3.05, 3.63) is 53.6 Å². The van der Waals surface area contributed by atoms with Crippen LogP contribution >= 0.6 is 0 Å². The van der Waals surface area contributed by atoms with E-state index >= 15 is 0 Å². The quantitative estimate of drug-likeness (QED) is 0.633. The van der Waals surface area contributed by atoms with Crippen LogP contribution in [0.2, 0.25) is 0 Å². The number of aryl methyl sites for hydroxylation is 1. The number of amides is 1. The van der Waals surface area contributed by atoms with Crippen LogP contribution in [0.5, 0.6) is 17.2 Å². The second-order valence-corrected chi connectivity index (χ2v) is 4.80. The van der Waals surface area contributed by atoms with E-state index in [4.69, 9.17) is 9.47 Å². The van der Waals surface area contributed by atoms with Crippen LogP contribution in [0.4, 0.5) is 0 Å². The number of phenolic OH excluding ortho intramolecular Hbond substituents is 1. The highest BCUT2D eigenvalue weighted by atomic mass is 16.5. The lowest BCUT2D eigenvalue weighted by atomic mass is 10.2. The second-order valence-electron chi connectivity index (χ2n) is 4.80. The molecule has 0 radical (unpaired) electrons. The maximum atomic E-state index is 11.7. The summed E-state index contributed by atoms with van der Waals surface area (Å²) in [4.78, 5) is 11.7. The predicted octanol–water partition coefficient (Wildman–Crippen LogP) is 2.24. The second kappa shape index (κ2) is 7.84. The van der Waals surface area contributed by atoms with Gasteiger partial charge in [0.2, 0.25) is 0 Å². The highest BCUT2D eigenvalue weighted by Gasteiger charge is 2.05. The Labute approximate surface area is 134 Å². The van der Waals surface area contributed by atoms with Crippen LogP contribution in [0.25, 0.3) is 0 Å². The zero-order chi connectivity index (χ0) is 16.7. The number of phenols is 1. The fraction of sp³-hybridized carbons (Fsp3) is 0.176. The van der Waals surface area contributed by atoms with E-state index < -0.39 is 5.91 Å². The predicted molar refractivity (Wildman–Crippen MR) is 87.1 cm³/mol. The van der Waals surface area contributed by atoms with Gasteiger partial charge in [-0.15, -0.1) is 0 Å². The summed E-state index contributed by atoms with van der Waals surface area (Å²) < 4.78 is 10.3. The number of hydrazone groups is 1. The molecule has 6 nitrogen and oxygen atoms in total. The van der Waals surface area contributed by atoms with Crippen LogP contribution in [-0.4, -0.2) is 30.9 Å². The molecule has 0 fully saturated rings. The largest absolute Gasteiger partial charge is 0.504 e. The maximum absolute atomic E-state index is 11.7. The summed E-state index contributed by atoms with van der Waals surface area (Å²) in [6.07, 6.45) is 1.34. The van der Waals surface area contributed by atoms with Gasteiger partial charge in [-0.3, -0.25) is 4.79 Å². The van der Waals surface area contributed by atoms with Gasteiger partial charge in [-0.25, -0.2) is 5.43 Å². The first-order chi connectivity index (χ1) is 11.1. The smallest absolute Gasteiger partial charge is 0.277 e. The molecule has 2 aromatic rings. The van der Waals surface area contributed by atoms with E-state index in [1.54, 1.807) is 24.3 Å². The molecule has 2 aromatic carbocycles. The fourth-order valence-corrected chi connectivity index (χ4v) is 1.87. The zero-order valence-corrected chi connectivity index (χ0v) is 12.9. The zero-order valence-electron chi connectivity index (χ0n) is 12.9. The van der Waals surface area contributed by atoms with Gasteiger partial charge >= 0.3 is 0 Å². The Morgan fingerprint density at radius 2 is 2.09 bits per heavy atom. The van der Waals surface area contributed by atoms with Crippen molar-refractivity contribution in [2.75, 3.05) is 13.7 Å². The molecule has 0 saturated heterocycles. The number of rotatable bonds is 6. The number of hydrogen-bond acceptors (Lipinski definition) is 5. The van der Waals surface area contributed by atoms with Crippen molar-refractivity contribution in [1.82, 2.24) is 5.43 Å². The van der Waals surface area contributed by atoms with E-state index in [0.717, 1.165) is 5.56 Å². The van der Waals surface area contributed by atoms with Gasteiger partial charge < -0.3 is 14.6 Å². The van der Waals surface area contributed by atoms with Gasteiger partial charge in [0.1, 0.15) is 5.75 Å². The topological polar surface area (TPSA) is 80.2 Å². The van der Waals surface area contributed by atoms with E-state index in [2.05, 4.69) is 10.5 Å². The van der Waals surface area contributed by atoms with Gasteiger partial charge in [-0.2, -0.15) is 5.10 Å². The van der Waals surface area contributed by atoms with Gasteiger partial charge in [0.05, 0.1) is 13.3 Å². The Hall–Kier alpha value is -3.02. The molecule has 0 unspecified atom stereocenters. The summed E-state index contributed by atoms with van der Waals surface area (Å²) in [5, 5.41) is 13.7. The van der Waals surface area contributed by atoms with Crippen molar-refractivity contribution in [1.29, 1.82) is 0 Å². The summed E-state index contributed by atoms with van der Waals surface area (Å²) in [6.45, 7) is 1.79. The molecule has 0 aliphatic carbocycles. The third-order valence-corrected chi connectivity index (χ3v) is 3.00. The Morgan fingerprint density at radius 1 is 1.30 bits per heavy atom. The number of hydrogen-bond donors (Lipinski definition) is 2. The number of carbonyl (C=O) groups excluding carboxylic acids is 1. The number of nitrogens with one attached hydrogen (secondary N) is 1. The third-order valence-electron chi connectivity index (χ3n) is 3.00. The molecule has 0 heterocycles. The summed E-state index contributed by atoms with van der Waals surface area (Å²) >= 11 is 0. The molecule has 23 heavy (non-hydrogen) atoms. The Bertz CT molecular complexity index is 713. The van der Waals surface area contributed by atoms with Crippen molar-refractivity contribution >= 4 is 12.1 Å². The summed E-state index contributed by atoms with van der Waals surface area (Å²) in [7, 11) is 1.46. The summed E-state index contributed by atoms with van der Waals surface area (Å²) in [6, 6.07) is 12.4. The van der Waals surface area contributed by atoms with E-state index in [9.17, 15) is 9.90 Å². The molecule has 0 bridgehead atoms. The lowest BCUT2D eigenvalue weighted by Gasteiger charge is -2.06. The van der Waals surface area contributed by atoms with Gasteiger partial charge in [-0.1, -0.05) is 18.2 Å². The van der Waals surface area contributed by atoms with Crippen LogP contribution in [0.3, 0.4) is 0 Å². The van der Waals surface area contributed by atoms with Crippen LogP contribution in [0, 0.1) is 6.92 Å². The molecule has 1 amide bonds. The first-order valence-corrected chi connectivity index (χ1v) is 6.97. The minimum absolute atomic E-state index is 0.0380. The number of para-hydroxylation sites is 1. The summed E-state index contributed by atoms with van der Waals surface area (Å²) in [5.74, 6) is 0.520. The minimum Gasteiger partial charge on any atom is -0.504 e. The third kappa shape index (κ3) is 4.74. The standard InChI is InChI=1S/C17H18N2O4/c1-12-5-3-7-14(9-12)23-11-16(20)19-18-10-13-6-4-8-15(22-2)17(13)21/h3-10,21H,11H2,1-2H3,(H,19,20)/b18-10-. The van der Waals surface area contributed by atoms with E-state index in [0.29, 0.717) is 17.1 Å². The van der Waals surface area contributed by atoms with Crippen LogP contribution in [0.1, 0.15) is 11.1 Å². The Kier molecular flexibility index (Phi) is 5.57. The van der Waals surface area contributed by atoms with E-state index in [1.165, 1.54) is 13.3 Å². The molecular formula is C17H18N2O4. The highest BCUT2D eigenvalue weighted by Crippen LogP contribution is 2.27. The van der Waals surface area contributed by atoms with E-state index in [-0.39, 0.29) is 12.4 Å². The molecule has 6 heteroatoms. The number of methoxy groups -OCH3 is 1. The van der Waals surface area contributed by atoms with Crippen molar-refractivity contribution in [3.63, 3.8) is 0 Å². The van der Waals surface area contributed by atoms with Crippen molar-refractivity contribution < 1.29 is 19.4 Å². The molecular weight excluding hydrogens is 296 g/mol. The average Bonchev–Trinajstić information content (AvgIpc) is 2.54. The van der Waals surface area contributed by atoms with Crippen LogP contribution in [-0.2, 0) is 4.79 Å². The maximum Gasteiger partial charge on any atom is 0.277 e. The number of nitrogens with zero attached hydrogens (tertiary/aromatic N) is 1. The first-order valence-electron chi connectivity index (χ1n) is 6.97. The van der Waals surface area contributed by atoms with Gasteiger partial charge in [0, 0.05) is 5.56 Å². The number of ether oxygens (including phenoxy) is 2. The van der Waals surface area contributed by atoms with Gasteiger partial charge in [0.25, 0.3) is 5.91 Å². The van der Waals surface area contributed by atoms with Gasteiger partial charge in [-0.05, 0) is 36.8 Å². The Morgan fingerprint density at radius 3 is 2.83 bits per heavy atom. The molecule has 2 N–H and O–H groups in total.